The first-order chi connectivity index (χ1) is 13.6. The van der Waals surface area contributed by atoms with Crippen molar-refractivity contribution in [1.82, 2.24) is 20.6 Å². The van der Waals surface area contributed by atoms with Crippen LogP contribution < -0.4 is 15.5 Å². The van der Waals surface area contributed by atoms with Crippen molar-refractivity contribution in [3.63, 3.8) is 0 Å². The first kappa shape index (κ1) is 19.1. The van der Waals surface area contributed by atoms with Crippen LogP contribution in [0.1, 0.15) is 18.2 Å². The van der Waals surface area contributed by atoms with Crippen LogP contribution in [0.15, 0.2) is 65.2 Å². The molecule has 3 heterocycles. The van der Waals surface area contributed by atoms with Crippen LogP contribution >= 0.6 is 0 Å². The lowest BCUT2D eigenvalue weighted by Crippen LogP contribution is -2.39. The molecule has 0 unspecified atom stereocenters. The lowest BCUT2D eigenvalue weighted by atomic mass is 10.1. The van der Waals surface area contributed by atoms with Crippen LogP contribution in [0, 0.1) is 11.3 Å². The molecule has 0 saturated carbocycles. The zero-order valence-corrected chi connectivity index (χ0v) is 16.3. The fraction of sp³-hybridized carbons (Fsp3) is 0.238. The summed E-state index contributed by atoms with van der Waals surface area (Å²) >= 11 is 0. The summed E-state index contributed by atoms with van der Waals surface area (Å²) in [6, 6.07) is 11.8. The summed E-state index contributed by atoms with van der Waals surface area (Å²) in [7, 11) is 3.94. The molecule has 0 aromatic carbocycles. The van der Waals surface area contributed by atoms with E-state index in [2.05, 4.69) is 37.7 Å². The fourth-order valence-corrected chi connectivity index (χ4v) is 2.72. The maximum absolute atomic E-state index is 9.64. The van der Waals surface area contributed by atoms with E-state index in [4.69, 9.17) is 0 Å². The van der Waals surface area contributed by atoms with Gasteiger partial charge in [0.1, 0.15) is 17.5 Å². The van der Waals surface area contributed by atoms with Crippen LogP contribution in [0.25, 0.3) is 5.57 Å². The van der Waals surface area contributed by atoms with Gasteiger partial charge >= 0.3 is 0 Å². The zero-order valence-electron chi connectivity index (χ0n) is 16.3. The molecular weight excluding hydrogens is 350 g/mol. The van der Waals surface area contributed by atoms with Gasteiger partial charge in [-0.2, -0.15) is 5.26 Å². The van der Waals surface area contributed by atoms with Gasteiger partial charge in [-0.05, 0) is 42.7 Å². The molecule has 7 heteroatoms. The minimum Gasteiger partial charge on any atom is -0.363 e. The van der Waals surface area contributed by atoms with Crippen molar-refractivity contribution in [2.45, 2.75) is 13.3 Å². The van der Waals surface area contributed by atoms with Gasteiger partial charge in [-0.3, -0.25) is 9.98 Å². The second-order valence-electron chi connectivity index (χ2n) is 6.57. The minimum absolute atomic E-state index is 0.493. The number of pyridine rings is 2. The van der Waals surface area contributed by atoms with E-state index in [0.717, 1.165) is 29.1 Å². The van der Waals surface area contributed by atoms with Crippen molar-refractivity contribution >= 4 is 17.4 Å². The average molecular weight is 373 g/mol. The minimum atomic E-state index is 0.493. The highest BCUT2D eigenvalue weighted by Gasteiger charge is 2.17. The summed E-state index contributed by atoms with van der Waals surface area (Å²) in [6.07, 6.45) is 6.18. The first-order valence-electron chi connectivity index (χ1n) is 9.01. The number of hydrogen-bond donors (Lipinski definition) is 2. The summed E-state index contributed by atoms with van der Waals surface area (Å²) in [5.41, 5.74) is 3.89. The van der Waals surface area contributed by atoms with E-state index >= 15 is 0 Å². The van der Waals surface area contributed by atoms with Crippen LogP contribution in [0.5, 0.6) is 0 Å². The number of nitrogens with one attached hydrogen (secondary N) is 2. The number of anilines is 1. The van der Waals surface area contributed by atoms with Gasteiger partial charge in [0.05, 0.1) is 11.4 Å². The quantitative estimate of drug-likeness (QED) is 0.783. The summed E-state index contributed by atoms with van der Waals surface area (Å²) in [6.45, 7) is 2.54. The fourth-order valence-electron chi connectivity index (χ4n) is 2.72. The SMILES string of the molecule is CC1=CNC(=NCCc2ccc(N(C)C)nc2)NC1=C(C#N)c1ccccn1. The van der Waals surface area contributed by atoms with Gasteiger partial charge in [-0.25, -0.2) is 4.98 Å². The van der Waals surface area contributed by atoms with Gasteiger partial charge in [0.2, 0.25) is 0 Å². The number of rotatable bonds is 5. The monoisotopic (exact) mass is 373 g/mol. The Labute approximate surface area is 165 Å². The Morgan fingerprint density at radius 3 is 2.71 bits per heavy atom. The van der Waals surface area contributed by atoms with E-state index in [0.29, 0.717) is 23.8 Å². The molecule has 1 aliphatic rings. The van der Waals surface area contributed by atoms with Crippen molar-refractivity contribution < 1.29 is 0 Å². The molecule has 2 aromatic heterocycles. The molecule has 0 radical (unpaired) electrons. The van der Waals surface area contributed by atoms with E-state index in [1.165, 1.54) is 0 Å². The molecule has 0 bridgehead atoms. The van der Waals surface area contributed by atoms with Crippen LogP contribution in [0.2, 0.25) is 0 Å². The molecule has 0 aliphatic carbocycles. The van der Waals surface area contributed by atoms with Gasteiger partial charge in [-0.1, -0.05) is 12.1 Å². The van der Waals surface area contributed by atoms with Gasteiger partial charge in [0.25, 0.3) is 0 Å². The zero-order chi connectivity index (χ0) is 19.9. The smallest absolute Gasteiger partial charge is 0.199 e. The largest absolute Gasteiger partial charge is 0.363 e. The molecule has 0 amide bonds. The Morgan fingerprint density at radius 2 is 2.07 bits per heavy atom. The Hall–Kier alpha value is -3.66. The summed E-state index contributed by atoms with van der Waals surface area (Å²) in [4.78, 5) is 15.3. The second-order valence-corrected chi connectivity index (χ2v) is 6.57. The molecule has 2 N–H and O–H groups in total. The van der Waals surface area contributed by atoms with E-state index in [9.17, 15) is 5.26 Å². The number of nitrogens with zero attached hydrogens (tertiary/aromatic N) is 5. The van der Waals surface area contributed by atoms with E-state index < -0.39 is 0 Å². The number of hydrogen-bond acceptors (Lipinski definition) is 5. The molecule has 0 saturated heterocycles. The van der Waals surface area contributed by atoms with Crippen LogP contribution in [0.3, 0.4) is 0 Å². The van der Waals surface area contributed by atoms with Crippen LogP contribution in [0.4, 0.5) is 5.82 Å². The normalized spacial score (nSPS) is 16.5. The summed E-state index contributed by atoms with van der Waals surface area (Å²) in [5.74, 6) is 1.54. The predicted octanol–water partition coefficient (Wildman–Crippen LogP) is 2.47. The van der Waals surface area contributed by atoms with Crippen molar-refractivity contribution in [2.75, 3.05) is 25.5 Å². The molecule has 0 spiro atoms. The predicted molar refractivity (Wildman–Crippen MR) is 111 cm³/mol. The Balaban J connectivity index is 1.72. The molecule has 2 aromatic rings. The van der Waals surface area contributed by atoms with Gasteiger partial charge in [0, 0.05) is 39.2 Å². The highest BCUT2D eigenvalue weighted by atomic mass is 15.2. The first-order valence-corrected chi connectivity index (χ1v) is 9.01. The lowest BCUT2D eigenvalue weighted by molar-refractivity contribution is 0.904. The topological polar surface area (TPSA) is 89.2 Å². The van der Waals surface area contributed by atoms with E-state index in [1.807, 2.05) is 62.6 Å². The Morgan fingerprint density at radius 1 is 1.21 bits per heavy atom. The van der Waals surface area contributed by atoms with E-state index in [-0.39, 0.29) is 0 Å². The molecule has 28 heavy (non-hydrogen) atoms. The average Bonchev–Trinajstić information content (AvgIpc) is 2.72. The summed E-state index contributed by atoms with van der Waals surface area (Å²) in [5, 5.41) is 16.0. The number of nitriles is 1. The standard InChI is InChI=1S/C21H23N7/c1-15-13-26-21(24-11-9-16-7-8-19(25-14-16)28(2)3)27-20(15)17(12-22)18-6-4-5-10-23-18/h4-8,10,13-14H,9,11H2,1-3H3,(H2,24,26,27). The number of guanidine groups is 1. The molecule has 1 aliphatic heterocycles. The molecule has 0 atom stereocenters. The molecule has 7 nitrogen and oxygen atoms in total. The van der Waals surface area contributed by atoms with Gasteiger partial charge in [0.15, 0.2) is 5.96 Å². The lowest BCUT2D eigenvalue weighted by Gasteiger charge is -2.21. The number of aliphatic imine (C=N–C) groups is 1. The Kier molecular flexibility index (Phi) is 6.02. The van der Waals surface area contributed by atoms with E-state index in [1.54, 1.807) is 6.20 Å². The van der Waals surface area contributed by atoms with Crippen molar-refractivity contribution in [1.29, 1.82) is 5.26 Å². The molecular formula is C21H23N7. The summed E-state index contributed by atoms with van der Waals surface area (Å²) < 4.78 is 0. The third-order valence-electron chi connectivity index (χ3n) is 4.28. The number of aromatic nitrogens is 2. The molecule has 142 valence electrons. The number of allylic oxidation sites excluding steroid dienone is 2. The highest BCUT2D eigenvalue weighted by Crippen LogP contribution is 2.21. The third-order valence-corrected chi connectivity index (χ3v) is 4.28. The van der Waals surface area contributed by atoms with Crippen molar-refractivity contribution in [3.8, 4) is 6.07 Å². The van der Waals surface area contributed by atoms with Gasteiger partial charge < -0.3 is 15.5 Å². The van der Waals surface area contributed by atoms with Crippen LogP contribution in [-0.4, -0.2) is 36.6 Å². The maximum atomic E-state index is 9.64. The highest BCUT2D eigenvalue weighted by molar-refractivity contribution is 5.90. The molecule has 3 rings (SSSR count). The third kappa shape index (κ3) is 4.54. The van der Waals surface area contributed by atoms with Gasteiger partial charge in [-0.15, -0.1) is 0 Å². The Bertz CT molecular complexity index is 948. The van der Waals surface area contributed by atoms with Crippen molar-refractivity contribution in [2.24, 2.45) is 4.99 Å². The van der Waals surface area contributed by atoms with Crippen LogP contribution in [-0.2, 0) is 6.42 Å². The van der Waals surface area contributed by atoms with Crippen molar-refractivity contribution in [3.05, 3.63) is 71.5 Å². The maximum Gasteiger partial charge on any atom is 0.199 e. The molecule has 0 fully saturated rings. The second kappa shape index (κ2) is 8.82.